The second-order valence-electron chi connectivity index (χ2n) is 4.83. The molecule has 2 rings (SSSR count). The Morgan fingerprint density at radius 1 is 1.32 bits per heavy atom. The molecule has 1 atom stereocenters. The van der Waals surface area contributed by atoms with Crippen LogP contribution in [0.3, 0.4) is 0 Å². The maximum atomic E-state index is 12.0. The van der Waals surface area contributed by atoms with E-state index in [2.05, 4.69) is 10.6 Å². The Hall–Kier alpha value is -1.40. The molecule has 0 bridgehead atoms. The maximum Gasteiger partial charge on any atom is 0.228 e. The molecule has 0 saturated carbocycles. The van der Waals surface area contributed by atoms with Gasteiger partial charge in [0.15, 0.2) is 9.84 Å². The van der Waals surface area contributed by atoms with Crippen molar-refractivity contribution in [2.45, 2.75) is 17.7 Å². The zero-order chi connectivity index (χ0) is 13.9. The molecule has 1 heterocycles. The minimum absolute atomic E-state index is 0.0108. The van der Waals surface area contributed by atoms with E-state index < -0.39 is 9.84 Å². The van der Waals surface area contributed by atoms with E-state index in [4.69, 9.17) is 0 Å². The van der Waals surface area contributed by atoms with Crippen LogP contribution in [0.25, 0.3) is 0 Å². The highest BCUT2D eigenvalue weighted by molar-refractivity contribution is 7.90. The molecule has 19 heavy (non-hydrogen) atoms. The third kappa shape index (κ3) is 3.78. The lowest BCUT2D eigenvalue weighted by molar-refractivity contribution is -0.120. The zero-order valence-corrected chi connectivity index (χ0v) is 11.7. The van der Waals surface area contributed by atoms with Crippen LogP contribution in [0.5, 0.6) is 0 Å². The first-order valence-electron chi connectivity index (χ1n) is 6.28. The molecule has 1 saturated heterocycles. The monoisotopic (exact) mass is 282 g/mol. The molecule has 104 valence electrons. The third-order valence-corrected chi connectivity index (χ3v) is 4.35. The predicted molar refractivity (Wildman–Crippen MR) is 73.8 cm³/mol. The first kappa shape index (κ1) is 14.0. The Labute approximate surface area is 113 Å². The van der Waals surface area contributed by atoms with Gasteiger partial charge >= 0.3 is 0 Å². The normalized spacial score (nSPS) is 19.9. The van der Waals surface area contributed by atoms with Crippen molar-refractivity contribution in [3.8, 4) is 0 Å². The summed E-state index contributed by atoms with van der Waals surface area (Å²) in [6.07, 6.45) is 3.06. The summed E-state index contributed by atoms with van der Waals surface area (Å²) >= 11 is 0. The van der Waals surface area contributed by atoms with Crippen molar-refractivity contribution in [2.75, 3.05) is 24.7 Å². The van der Waals surface area contributed by atoms with Crippen molar-refractivity contribution < 1.29 is 13.2 Å². The van der Waals surface area contributed by atoms with Gasteiger partial charge in [0.2, 0.25) is 5.91 Å². The second kappa shape index (κ2) is 5.71. The van der Waals surface area contributed by atoms with E-state index in [9.17, 15) is 13.2 Å². The Balaban J connectivity index is 2.01. The van der Waals surface area contributed by atoms with E-state index in [0.717, 1.165) is 25.6 Å². The van der Waals surface area contributed by atoms with Gasteiger partial charge in [-0.25, -0.2) is 8.42 Å². The Bertz CT molecular complexity index is 546. The number of nitrogens with one attached hydrogen (secondary N) is 2. The topological polar surface area (TPSA) is 75.3 Å². The summed E-state index contributed by atoms with van der Waals surface area (Å²) < 4.78 is 22.6. The van der Waals surface area contributed by atoms with E-state index in [1.54, 1.807) is 12.1 Å². The van der Waals surface area contributed by atoms with Gasteiger partial charge in [-0.3, -0.25) is 4.79 Å². The van der Waals surface area contributed by atoms with Crippen molar-refractivity contribution in [2.24, 2.45) is 5.92 Å². The van der Waals surface area contributed by atoms with Gasteiger partial charge in [0.05, 0.1) is 10.8 Å². The average molecular weight is 282 g/mol. The van der Waals surface area contributed by atoms with Gasteiger partial charge in [-0.15, -0.1) is 0 Å². The lowest BCUT2D eigenvalue weighted by Gasteiger charge is -2.21. The molecule has 1 fully saturated rings. The quantitative estimate of drug-likeness (QED) is 0.868. The van der Waals surface area contributed by atoms with Gasteiger partial charge in [-0.2, -0.15) is 0 Å². The minimum atomic E-state index is -3.19. The van der Waals surface area contributed by atoms with E-state index in [1.807, 2.05) is 0 Å². The summed E-state index contributed by atoms with van der Waals surface area (Å²) in [5.41, 5.74) is 0.628. The molecule has 0 unspecified atom stereocenters. The van der Waals surface area contributed by atoms with Gasteiger partial charge < -0.3 is 10.6 Å². The number of carbonyl (C=O) groups is 1. The molecule has 0 radical (unpaired) electrons. The highest BCUT2D eigenvalue weighted by atomic mass is 32.2. The van der Waals surface area contributed by atoms with Crippen LogP contribution in [0.1, 0.15) is 12.8 Å². The van der Waals surface area contributed by atoms with Gasteiger partial charge in [-0.1, -0.05) is 0 Å². The summed E-state index contributed by atoms with van der Waals surface area (Å²) in [6, 6.07) is 6.24. The first-order valence-corrected chi connectivity index (χ1v) is 8.17. The van der Waals surface area contributed by atoms with E-state index in [0.29, 0.717) is 12.2 Å². The molecule has 1 aliphatic heterocycles. The number of benzene rings is 1. The second-order valence-corrected chi connectivity index (χ2v) is 6.84. The van der Waals surface area contributed by atoms with Gasteiger partial charge in [-0.05, 0) is 43.7 Å². The van der Waals surface area contributed by atoms with Crippen molar-refractivity contribution in [1.29, 1.82) is 0 Å². The summed E-state index contributed by atoms with van der Waals surface area (Å²) in [5, 5.41) is 6.01. The van der Waals surface area contributed by atoms with Crippen molar-refractivity contribution in [3.05, 3.63) is 24.3 Å². The lowest BCUT2D eigenvalue weighted by atomic mass is 9.99. The molecular formula is C13H18N2O3S. The molecule has 1 aliphatic rings. The minimum Gasteiger partial charge on any atom is -0.326 e. The summed E-state index contributed by atoms with van der Waals surface area (Å²) in [4.78, 5) is 12.2. The van der Waals surface area contributed by atoms with E-state index in [1.165, 1.54) is 12.1 Å². The van der Waals surface area contributed by atoms with E-state index in [-0.39, 0.29) is 16.7 Å². The molecule has 2 N–H and O–H groups in total. The average Bonchev–Trinajstić information content (AvgIpc) is 2.39. The highest BCUT2D eigenvalue weighted by Crippen LogP contribution is 2.16. The summed E-state index contributed by atoms with van der Waals surface area (Å²) in [5.74, 6) is -0.0253. The van der Waals surface area contributed by atoms with Crippen molar-refractivity contribution in [3.63, 3.8) is 0 Å². The summed E-state index contributed by atoms with van der Waals surface area (Å²) in [7, 11) is -3.19. The molecule has 0 aromatic heterocycles. The molecule has 6 heteroatoms. The molecule has 0 aliphatic carbocycles. The fourth-order valence-electron chi connectivity index (χ4n) is 2.11. The zero-order valence-electron chi connectivity index (χ0n) is 10.8. The van der Waals surface area contributed by atoms with Crippen LogP contribution in [-0.4, -0.2) is 33.7 Å². The fraction of sp³-hybridized carbons (Fsp3) is 0.462. The number of hydrogen-bond donors (Lipinski definition) is 2. The van der Waals surface area contributed by atoms with Crippen LogP contribution in [0.2, 0.25) is 0 Å². The highest BCUT2D eigenvalue weighted by Gasteiger charge is 2.20. The van der Waals surface area contributed by atoms with Crippen LogP contribution >= 0.6 is 0 Å². The number of anilines is 1. The van der Waals surface area contributed by atoms with Crippen molar-refractivity contribution >= 4 is 21.4 Å². The van der Waals surface area contributed by atoms with Gasteiger partial charge in [0.25, 0.3) is 0 Å². The molecule has 1 aromatic rings. The summed E-state index contributed by atoms with van der Waals surface area (Å²) in [6.45, 7) is 1.67. The number of hydrogen-bond acceptors (Lipinski definition) is 4. The number of rotatable bonds is 3. The van der Waals surface area contributed by atoms with Crippen LogP contribution in [-0.2, 0) is 14.6 Å². The Morgan fingerprint density at radius 2 is 2.00 bits per heavy atom. The number of carbonyl (C=O) groups excluding carboxylic acids is 1. The molecule has 1 amide bonds. The molecule has 1 aromatic carbocycles. The van der Waals surface area contributed by atoms with Crippen LogP contribution in [0.15, 0.2) is 29.2 Å². The molecular weight excluding hydrogens is 264 g/mol. The number of piperidine rings is 1. The Kier molecular flexibility index (Phi) is 4.21. The smallest absolute Gasteiger partial charge is 0.228 e. The standard InChI is InChI=1S/C13H18N2O3S/c1-19(17,18)12-6-4-11(5-7-12)15-13(16)10-3-2-8-14-9-10/h4-7,10,14H,2-3,8-9H2,1H3,(H,15,16)/t10-/m1/s1. The molecule has 0 spiro atoms. The third-order valence-electron chi connectivity index (χ3n) is 3.22. The largest absolute Gasteiger partial charge is 0.326 e. The lowest BCUT2D eigenvalue weighted by Crippen LogP contribution is -2.37. The predicted octanol–water partition coefficient (Wildman–Crippen LogP) is 1.03. The number of amides is 1. The SMILES string of the molecule is CS(=O)(=O)c1ccc(NC(=O)[C@@H]2CCCNC2)cc1. The van der Waals surface area contributed by atoms with E-state index >= 15 is 0 Å². The first-order chi connectivity index (χ1) is 8.97. The van der Waals surface area contributed by atoms with Crippen LogP contribution in [0, 0.1) is 5.92 Å². The van der Waals surface area contributed by atoms with Crippen LogP contribution in [0.4, 0.5) is 5.69 Å². The van der Waals surface area contributed by atoms with Crippen molar-refractivity contribution in [1.82, 2.24) is 5.32 Å². The fourth-order valence-corrected chi connectivity index (χ4v) is 2.74. The van der Waals surface area contributed by atoms with Crippen LogP contribution < -0.4 is 10.6 Å². The number of sulfone groups is 1. The molecule has 5 nitrogen and oxygen atoms in total. The van der Waals surface area contributed by atoms with Gasteiger partial charge in [0, 0.05) is 18.5 Å². The Morgan fingerprint density at radius 3 is 2.53 bits per heavy atom. The van der Waals surface area contributed by atoms with Gasteiger partial charge in [0.1, 0.15) is 0 Å². The maximum absolute atomic E-state index is 12.0.